The zero-order chi connectivity index (χ0) is 12.3. The summed E-state index contributed by atoms with van der Waals surface area (Å²) >= 11 is 1.71. The molecule has 7 heteroatoms. The average molecular weight is 339 g/mol. The van der Waals surface area contributed by atoms with E-state index in [2.05, 4.69) is 5.32 Å². The molecule has 0 fully saturated rings. The number of hydrogen-bond acceptors (Lipinski definition) is 4. The van der Waals surface area contributed by atoms with Crippen molar-refractivity contribution in [2.45, 2.75) is 13.0 Å². The third-order valence-electron chi connectivity index (χ3n) is 1.85. The van der Waals surface area contributed by atoms with Crippen molar-refractivity contribution >= 4 is 34.0 Å². The number of halogens is 2. The molecule has 0 radical (unpaired) electrons. The third kappa shape index (κ3) is 3.27. The summed E-state index contributed by atoms with van der Waals surface area (Å²) in [5.74, 6) is -0.488. The second kappa shape index (κ2) is 5.39. The quantitative estimate of drug-likeness (QED) is 0.500. The molecule has 0 aliphatic heterocycles. The third-order valence-corrected chi connectivity index (χ3v) is 2.68. The van der Waals surface area contributed by atoms with E-state index in [4.69, 9.17) is 5.73 Å². The van der Waals surface area contributed by atoms with Crippen LogP contribution in [0.4, 0.5) is 15.8 Å². The Labute approximate surface area is 105 Å². The highest BCUT2D eigenvalue weighted by molar-refractivity contribution is 14.1. The monoisotopic (exact) mass is 339 g/mol. The zero-order valence-electron chi connectivity index (χ0n) is 8.54. The van der Waals surface area contributed by atoms with Crippen molar-refractivity contribution in [3.8, 4) is 0 Å². The Balaban J connectivity index is 3.05. The van der Waals surface area contributed by atoms with Crippen molar-refractivity contribution in [2.75, 3.05) is 11.9 Å². The largest absolute Gasteiger partial charge is 0.378 e. The molecule has 0 aromatic heterocycles. The Hall–Kier alpha value is -0.960. The molecule has 16 heavy (non-hydrogen) atoms. The van der Waals surface area contributed by atoms with Crippen LogP contribution < -0.4 is 11.1 Å². The summed E-state index contributed by atoms with van der Waals surface area (Å²) in [6.45, 7) is 2.10. The van der Waals surface area contributed by atoms with Crippen molar-refractivity contribution in [1.29, 1.82) is 0 Å². The van der Waals surface area contributed by atoms with Gasteiger partial charge < -0.3 is 11.1 Å². The Morgan fingerprint density at radius 2 is 2.31 bits per heavy atom. The van der Waals surface area contributed by atoms with Gasteiger partial charge in [0.15, 0.2) is 0 Å². The van der Waals surface area contributed by atoms with Gasteiger partial charge >= 0.3 is 0 Å². The summed E-state index contributed by atoms with van der Waals surface area (Å²) in [5.41, 5.74) is 5.51. The number of benzene rings is 1. The highest BCUT2D eigenvalue weighted by Gasteiger charge is 2.17. The first-order chi connectivity index (χ1) is 7.41. The lowest BCUT2D eigenvalue weighted by atomic mass is 10.2. The number of nitrogens with zero attached hydrogens (tertiary/aromatic N) is 1. The van der Waals surface area contributed by atoms with Crippen molar-refractivity contribution < 1.29 is 9.31 Å². The van der Waals surface area contributed by atoms with Crippen molar-refractivity contribution in [3.05, 3.63) is 31.6 Å². The van der Waals surface area contributed by atoms with Crippen molar-refractivity contribution in [3.63, 3.8) is 0 Å². The highest BCUT2D eigenvalue weighted by Crippen LogP contribution is 2.28. The topological polar surface area (TPSA) is 81.2 Å². The summed E-state index contributed by atoms with van der Waals surface area (Å²) in [5, 5.41) is 13.5. The van der Waals surface area contributed by atoms with Gasteiger partial charge in [-0.25, -0.2) is 4.39 Å². The molecule has 1 unspecified atom stereocenters. The summed E-state index contributed by atoms with van der Waals surface area (Å²) in [7, 11) is 0. The molecule has 3 N–H and O–H groups in total. The number of hydrogen-bond donors (Lipinski definition) is 2. The number of rotatable bonds is 4. The van der Waals surface area contributed by atoms with E-state index in [0.29, 0.717) is 6.54 Å². The fourth-order valence-corrected chi connectivity index (χ4v) is 1.55. The molecule has 0 heterocycles. The number of nitrogens with one attached hydrogen (secondary N) is 1. The van der Waals surface area contributed by atoms with Gasteiger partial charge in [-0.2, -0.15) is 0 Å². The normalized spacial score (nSPS) is 12.2. The predicted octanol–water partition coefficient (Wildman–Crippen LogP) is 2.10. The lowest BCUT2D eigenvalue weighted by molar-refractivity contribution is -0.384. The van der Waals surface area contributed by atoms with Crippen LogP contribution in [-0.2, 0) is 0 Å². The first-order valence-electron chi connectivity index (χ1n) is 4.54. The van der Waals surface area contributed by atoms with Crippen molar-refractivity contribution in [2.24, 2.45) is 5.73 Å². The average Bonchev–Trinajstić information content (AvgIpc) is 2.18. The van der Waals surface area contributed by atoms with Crippen LogP contribution >= 0.6 is 22.6 Å². The molecule has 0 aliphatic carbocycles. The molecule has 0 saturated carbocycles. The lowest BCUT2D eigenvalue weighted by Crippen LogP contribution is -2.25. The number of nitro benzene ring substituents is 1. The van der Waals surface area contributed by atoms with Crippen LogP contribution in [0.3, 0.4) is 0 Å². The molecule has 1 rings (SSSR count). The molecule has 88 valence electrons. The number of nitro groups is 1. The lowest BCUT2D eigenvalue weighted by Gasteiger charge is -2.10. The second-order valence-electron chi connectivity index (χ2n) is 3.40. The molecular weight excluding hydrogens is 328 g/mol. The molecule has 0 bridgehead atoms. The van der Waals surface area contributed by atoms with E-state index in [1.807, 2.05) is 0 Å². The van der Waals surface area contributed by atoms with Gasteiger partial charge in [0, 0.05) is 24.7 Å². The van der Waals surface area contributed by atoms with E-state index in [-0.39, 0.29) is 21.0 Å². The van der Waals surface area contributed by atoms with Gasteiger partial charge in [-0.05, 0) is 29.5 Å². The smallest absolute Gasteiger partial charge is 0.293 e. The molecule has 0 saturated heterocycles. The van der Waals surface area contributed by atoms with Crippen LogP contribution in [-0.4, -0.2) is 17.5 Å². The minimum absolute atomic E-state index is 0.147. The van der Waals surface area contributed by atoms with E-state index < -0.39 is 10.7 Å². The molecule has 0 aliphatic rings. The summed E-state index contributed by atoms with van der Waals surface area (Å²) in [6.07, 6.45) is 0. The molecular formula is C9H11FIN3O2. The Morgan fingerprint density at radius 1 is 1.69 bits per heavy atom. The first-order valence-corrected chi connectivity index (χ1v) is 5.62. The number of nitrogens with two attached hydrogens (primary N) is 1. The van der Waals surface area contributed by atoms with Crippen LogP contribution in [0, 0.1) is 19.5 Å². The van der Waals surface area contributed by atoms with E-state index >= 15 is 0 Å². The first kappa shape index (κ1) is 13.1. The summed E-state index contributed by atoms with van der Waals surface area (Å²) in [6, 6.07) is 2.14. The van der Waals surface area contributed by atoms with Gasteiger partial charge in [-0.3, -0.25) is 10.1 Å². The number of anilines is 1. The van der Waals surface area contributed by atoms with Gasteiger partial charge in [0.2, 0.25) is 0 Å². The maximum absolute atomic E-state index is 13.2. The molecule has 1 aromatic rings. The van der Waals surface area contributed by atoms with Crippen molar-refractivity contribution in [1.82, 2.24) is 0 Å². The Bertz CT molecular complexity index is 412. The highest BCUT2D eigenvalue weighted by atomic mass is 127. The van der Waals surface area contributed by atoms with E-state index in [1.165, 1.54) is 6.07 Å². The van der Waals surface area contributed by atoms with Gasteiger partial charge in [0.1, 0.15) is 11.5 Å². The van der Waals surface area contributed by atoms with Crippen LogP contribution in [0.1, 0.15) is 6.92 Å². The van der Waals surface area contributed by atoms with E-state index in [9.17, 15) is 14.5 Å². The fourth-order valence-electron chi connectivity index (χ4n) is 1.10. The standard InChI is InChI=1S/C9H11FIN3O2/c1-5(12)4-13-8-2-6(10)7(11)3-9(8)14(15)16/h2-3,5,13H,4,12H2,1H3. The van der Waals surface area contributed by atoms with Crippen LogP contribution in [0.5, 0.6) is 0 Å². The molecule has 5 nitrogen and oxygen atoms in total. The van der Waals surface area contributed by atoms with Crippen LogP contribution in [0.25, 0.3) is 0 Å². The maximum Gasteiger partial charge on any atom is 0.293 e. The molecule has 1 aromatic carbocycles. The maximum atomic E-state index is 13.2. The fraction of sp³-hybridized carbons (Fsp3) is 0.333. The Kier molecular flexibility index (Phi) is 4.42. The molecule has 1 atom stereocenters. The van der Waals surface area contributed by atoms with Gasteiger partial charge in [0.05, 0.1) is 8.49 Å². The summed E-state index contributed by atoms with van der Waals surface area (Å²) < 4.78 is 13.5. The van der Waals surface area contributed by atoms with Gasteiger partial charge in [-0.15, -0.1) is 0 Å². The van der Waals surface area contributed by atoms with Gasteiger partial charge in [-0.1, -0.05) is 0 Å². The SMILES string of the molecule is CC(N)CNc1cc(F)c(I)cc1[N+](=O)[O-]. The zero-order valence-corrected chi connectivity index (χ0v) is 10.7. The predicted molar refractivity (Wildman–Crippen MR) is 67.9 cm³/mol. The molecule has 0 amide bonds. The van der Waals surface area contributed by atoms with Gasteiger partial charge in [0.25, 0.3) is 5.69 Å². The Morgan fingerprint density at radius 3 is 2.81 bits per heavy atom. The second-order valence-corrected chi connectivity index (χ2v) is 4.56. The van der Waals surface area contributed by atoms with E-state index in [1.54, 1.807) is 29.5 Å². The van der Waals surface area contributed by atoms with Crippen LogP contribution in [0.15, 0.2) is 12.1 Å². The van der Waals surface area contributed by atoms with E-state index in [0.717, 1.165) is 6.07 Å². The minimum Gasteiger partial charge on any atom is -0.378 e. The van der Waals surface area contributed by atoms with Crippen LogP contribution in [0.2, 0.25) is 0 Å². The summed E-state index contributed by atoms with van der Waals surface area (Å²) in [4.78, 5) is 10.2. The minimum atomic E-state index is -0.550. The molecule has 0 spiro atoms.